The Balaban J connectivity index is 1.53. The molecule has 0 saturated heterocycles. The third-order valence-corrected chi connectivity index (χ3v) is 6.01. The van der Waals surface area contributed by atoms with Crippen LogP contribution < -0.4 is 0 Å². The van der Waals surface area contributed by atoms with Gasteiger partial charge in [-0.15, -0.1) is 16.4 Å². The Hall–Kier alpha value is -2.46. The van der Waals surface area contributed by atoms with E-state index in [4.69, 9.17) is 4.42 Å². The molecule has 1 amide bonds. The number of amides is 1. The Labute approximate surface area is 164 Å². The summed E-state index contributed by atoms with van der Waals surface area (Å²) in [6.45, 7) is 3.99. The van der Waals surface area contributed by atoms with E-state index in [1.54, 1.807) is 27.3 Å². The number of tetrazole rings is 1. The van der Waals surface area contributed by atoms with E-state index in [0.29, 0.717) is 17.3 Å². The fourth-order valence-corrected chi connectivity index (χ4v) is 4.50. The predicted octanol–water partition coefficient (Wildman–Crippen LogP) is 3.38. The lowest BCUT2D eigenvalue weighted by Crippen LogP contribution is -2.28. The number of nitrogens with zero attached hydrogens (tertiary/aromatic N) is 6. The van der Waals surface area contributed by atoms with Crippen molar-refractivity contribution < 1.29 is 9.21 Å². The topological polar surface area (TPSA) is 89.4 Å². The fraction of sp³-hybridized carbons (Fsp3) is 0.353. The molecule has 1 aliphatic rings. The predicted molar refractivity (Wildman–Crippen MR) is 103 cm³/mol. The summed E-state index contributed by atoms with van der Waals surface area (Å²) < 4.78 is 7.18. The SMILES string of the molecule is CC(C)n1nnnc1SCC(=O)N1N=C(c2ccco2)CC1c1cccs1. The Kier molecular flexibility index (Phi) is 5.08. The molecule has 0 aliphatic carbocycles. The maximum absolute atomic E-state index is 12.9. The van der Waals surface area contributed by atoms with Gasteiger partial charge in [-0.3, -0.25) is 4.79 Å². The van der Waals surface area contributed by atoms with Gasteiger partial charge in [-0.1, -0.05) is 17.8 Å². The van der Waals surface area contributed by atoms with Crippen LogP contribution in [0, 0.1) is 0 Å². The van der Waals surface area contributed by atoms with Crippen LogP contribution in [0.3, 0.4) is 0 Å². The lowest BCUT2D eigenvalue weighted by Gasteiger charge is -2.20. The summed E-state index contributed by atoms with van der Waals surface area (Å²) in [6.07, 6.45) is 2.25. The van der Waals surface area contributed by atoms with Crippen molar-refractivity contribution in [2.75, 3.05) is 5.75 Å². The molecule has 10 heteroatoms. The highest BCUT2D eigenvalue weighted by Crippen LogP contribution is 2.35. The molecule has 140 valence electrons. The quantitative estimate of drug-likeness (QED) is 0.587. The van der Waals surface area contributed by atoms with Crippen LogP contribution in [-0.4, -0.2) is 42.6 Å². The summed E-state index contributed by atoms with van der Waals surface area (Å²) in [5.74, 6) is 0.825. The maximum atomic E-state index is 12.9. The molecule has 0 aromatic carbocycles. The van der Waals surface area contributed by atoms with Crippen LogP contribution in [0.4, 0.5) is 0 Å². The van der Waals surface area contributed by atoms with Gasteiger partial charge in [0.1, 0.15) is 11.5 Å². The van der Waals surface area contributed by atoms with Gasteiger partial charge in [0.15, 0.2) is 0 Å². The van der Waals surface area contributed by atoms with Gasteiger partial charge in [0.2, 0.25) is 5.16 Å². The number of hydrogen-bond donors (Lipinski definition) is 0. The van der Waals surface area contributed by atoms with E-state index in [2.05, 4.69) is 20.6 Å². The molecule has 3 aromatic rings. The van der Waals surface area contributed by atoms with E-state index in [-0.39, 0.29) is 23.7 Å². The van der Waals surface area contributed by atoms with Gasteiger partial charge in [0.25, 0.3) is 5.91 Å². The molecule has 4 heterocycles. The number of rotatable bonds is 6. The van der Waals surface area contributed by atoms with Crippen molar-refractivity contribution in [2.24, 2.45) is 5.10 Å². The maximum Gasteiger partial charge on any atom is 0.253 e. The number of hydrazone groups is 1. The second kappa shape index (κ2) is 7.65. The van der Waals surface area contributed by atoms with Crippen molar-refractivity contribution in [1.82, 2.24) is 25.2 Å². The first kappa shape index (κ1) is 17.9. The Morgan fingerprint density at radius 1 is 1.41 bits per heavy atom. The zero-order valence-corrected chi connectivity index (χ0v) is 16.5. The summed E-state index contributed by atoms with van der Waals surface area (Å²) in [7, 11) is 0. The zero-order chi connectivity index (χ0) is 18.8. The molecule has 0 spiro atoms. The van der Waals surface area contributed by atoms with Crippen molar-refractivity contribution in [1.29, 1.82) is 0 Å². The number of thioether (sulfide) groups is 1. The molecule has 0 bridgehead atoms. The summed E-state index contributed by atoms with van der Waals surface area (Å²) in [6, 6.07) is 7.72. The molecular weight excluding hydrogens is 384 g/mol. The molecule has 0 fully saturated rings. The molecule has 1 unspecified atom stereocenters. The van der Waals surface area contributed by atoms with E-state index in [9.17, 15) is 4.79 Å². The first-order chi connectivity index (χ1) is 13.1. The van der Waals surface area contributed by atoms with Gasteiger partial charge in [-0.05, 0) is 47.9 Å². The second-order valence-electron chi connectivity index (χ2n) is 6.29. The van der Waals surface area contributed by atoms with Crippen molar-refractivity contribution >= 4 is 34.7 Å². The van der Waals surface area contributed by atoms with Gasteiger partial charge in [-0.25, -0.2) is 9.69 Å². The van der Waals surface area contributed by atoms with Gasteiger partial charge in [0.05, 0.1) is 24.1 Å². The van der Waals surface area contributed by atoms with Crippen molar-refractivity contribution in [2.45, 2.75) is 37.5 Å². The number of thiophene rings is 1. The van der Waals surface area contributed by atoms with Crippen molar-refractivity contribution in [3.05, 3.63) is 46.5 Å². The van der Waals surface area contributed by atoms with E-state index in [0.717, 1.165) is 10.6 Å². The molecule has 3 aromatic heterocycles. The lowest BCUT2D eigenvalue weighted by atomic mass is 10.1. The minimum atomic E-state index is -0.112. The monoisotopic (exact) mass is 402 g/mol. The first-order valence-corrected chi connectivity index (χ1v) is 10.4. The standard InChI is InChI=1S/C17H18N6O2S2/c1-11(2)22-17(18-20-21-22)27-10-16(24)23-13(15-6-4-8-26-15)9-12(19-23)14-5-3-7-25-14/h3-8,11,13H,9-10H2,1-2H3. The van der Waals surface area contributed by atoms with Crippen LogP contribution in [0.5, 0.6) is 0 Å². The number of furan rings is 1. The number of hydrogen-bond acceptors (Lipinski definition) is 8. The van der Waals surface area contributed by atoms with E-state index in [1.165, 1.54) is 11.8 Å². The highest BCUT2D eigenvalue weighted by Gasteiger charge is 2.34. The van der Waals surface area contributed by atoms with E-state index in [1.807, 2.05) is 43.5 Å². The van der Waals surface area contributed by atoms with Crippen LogP contribution in [0.15, 0.2) is 50.6 Å². The molecule has 0 saturated carbocycles. The molecule has 4 rings (SSSR count). The minimum Gasteiger partial charge on any atom is -0.463 e. The number of carbonyl (C=O) groups excluding carboxylic acids is 1. The number of carbonyl (C=O) groups is 1. The molecular formula is C17H18N6O2S2. The zero-order valence-electron chi connectivity index (χ0n) is 14.8. The largest absolute Gasteiger partial charge is 0.463 e. The third-order valence-electron chi connectivity index (χ3n) is 4.12. The van der Waals surface area contributed by atoms with Gasteiger partial charge >= 0.3 is 0 Å². The summed E-state index contributed by atoms with van der Waals surface area (Å²) >= 11 is 2.94. The Morgan fingerprint density at radius 3 is 3.00 bits per heavy atom. The highest BCUT2D eigenvalue weighted by molar-refractivity contribution is 7.99. The van der Waals surface area contributed by atoms with Crippen molar-refractivity contribution in [3.63, 3.8) is 0 Å². The van der Waals surface area contributed by atoms with Gasteiger partial charge < -0.3 is 4.42 Å². The Morgan fingerprint density at radius 2 is 2.30 bits per heavy atom. The average Bonchev–Trinajstić information content (AvgIpc) is 3.45. The third kappa shape index (κ3) is 3.67. The van der Waals surface area contributed by atoms with Crippen LogP contribution in [0.25, 0.3) is 0 Å². The van der Waals surface area contributed by atoms with Crippen LogP contribution >= 0.6 is 23.1 Å². The summed E-state index contributed by atoms with van der Waals surface area (Å²) in [5.41, 5.74) is 0.781. The smallest absolute Gasteiger partial charge is 0.253 e. The van der Waals surface area contributed by atoms with E-state index < -0.39 is 0 Å². The summed E-state index contributed by atoms with van der Waals surface area (Å²) in [5, 5.41) is 20.4. The van der Waals surface area contributed by atoms with Crippen LogP contribution in [-0.2, 0) is 4.79 Å². The summed E-state index contributed by atoms with van der Waals surface area (Å²) in [4.78, 5) is 14.0. The van der Waals surface area contributed by atoms with Crippen LogP contribution in [0.1, 0.15) is 43.0 Å². The minimum absolute atomic E-state index is 0.0849. The first-order valence-electron chi connectivity index (χ1n) is 8.51. The molecule has 0 radical (unpaired) electrons. The molecule has 1 atom stereocenters. The second-order valence-corrected chi connectivity index (χ2v) is 8.21. The molecule has 8 nitrogen and oxygen atoms in total. The molecule has 27 heavy (non-hydrogen) atoms. The normalized spacial score (nSPS) is 16.9. The van der Waals surface area contributed by atoms with Gasteiger partial charge in [-0.2, -0.15) is 5.10 Å². The number of aromatic nitrogens is 4. The average molecular weight is 403 g/mol. The van der Waals surface area contributed by atoms with Gasteiger partial charge in [0, 0.05) is 11.3 Å². The molecule has 1 aliphatic heterocycles. The lowest BCUT2D eigenvalue weighted by molar-refractivity contribution is -0.130. The van der Waals surface area contributed by atoms with Crippen LogP contribution in [0.2, 0.25) is 0 Å². The highest BCUT2D eigenvalue weighted by atomic mass is 32.2. The fourth-order valence-electron chi connectivity index (χ4n) is 2.83. The van der Waals surface area contributed by atoms with Crippen molar-refractivity contribution in [3.8, 4) is 0 Å². The Bertz CT molecular complexity index is 933. The molecule has 0 N–H and O–H groups in total. The van der Waals surface area contributed by atoms with E-state index >= 15 is 0 Å².